The van der Waals surface area contributed by atoms with Crippen LogP contribution in [0.25, 0.3) is 11.4 Å². The maximum absolute atomic E-state index is 12.1. The van der Waals surface area contributed by atoms with Crippen LogP contribution in [0.4, 0.5) is 4.79 Å². The van der Waals surface area contributed by atoms with Gasteiger partial charge >= 0.3 is 6.03 Å². The molecule has 1 aliphatic heterocycles. The summed E-state index contributed by atoms with van der Waals surface area (Å²) in [6, 6.07) is 5.87. The molecule has 2 aromatic heterocycles. The minimum absolute atomic E-state index is 0.0188. The molecule has 1 aliphatic rings. The lowest BCUT2D eigenvalue weighted by atomic mass is 9.99. The molecule has 134 valence electrons. The molecule has 3 heterocycles. The van der Waals surface area contributed by atoms with Gasteiger partial charge in [-0.3, -0.25) is 10.1 Å². The van der Waals surface area contributed by atoms with E-state index in [9.17, 15) is 4.79 Å². The molecule has 7 heteroatoms. The first-order valence-corrected chi connectivity index (χ1v) is 8.76. The fraction of sp³-hybridized carbons (Fsp3) is 0.500. The summed E-state index contributed by atoms with van der Waals surface area (Å²) in [5.41, 5.74) is 1.71. The van der Waals surface area contributed by atoms with Gasteiger partial charge in [-0.05, 0) is 44.9 Å². The number of carbonyl (C=O) groups is 1. The number of pyridine rings is 1. The molecule has 0 radical (unpaired) electrons. The van der Waals surface area contributed by atoms with E-state index in [1.54, 1.807) is 12.4 Å². The Morgan fingerprint density at radius 2 is 2.32 bits per heavy atom. The summed E-state index contributed by atoms with van der Waals surface area (Å²) in [5, 5.41) is 9.77. The van der Waals surface area contributed by atoms with Crippen LogP contribution in [-0.2, 0) is 0 Å². The lowest BCUT2D eigenvalue weighted by Crippen LogP contribution is -2.48. The number of hydrogen-bond donors (Lipinski definition) is 2. The maximum Gasteiger partial charge on any atom is 0.317 e. The second-order valence-corrected chi connectivity index (χ2v) is 6.72. The molecular formula is C18H25N5O2. The van der Waals surface area contributed by atoms with E-state index in [-0.39, 0.29) is 12.1 Å². The minimum Gasteiger partial charge on any atom is -0.492 e. The molecule has 3 rings (SSSR count). The van der Waals surface area contributed by atoms with Gasteiger partial charge in [0.15, 0.2) is 0 Å². The molecule has 2 amide bonds. The first-order chi connectivity index (χ1) is 12.1. The average Bonchev–Trinajstić information content (AvgIpc) is 3.15. The zero-order chi connectivity index (χ0) is 17.6. The van der Waals surface area contributed by atoms with Crippen LogP contribution in [-0.4, -0.2) is 51.9 Å². The molecule has 1 saturated heterocycles. The van der Waals surface area contributed by atoms with E-state index in [0.29, 0.717) is 12.5 Å². The third-order valence-corrected chi connectivity index (χ3v) is 4.22. The van der Waals surface area contributed by atoms with Crippen molar-refractivity contribution in [3.05, 3.63) is 30.6 Å². The largest absolute Gasteiger partial charge is 0.492 e. The van der Waals surface area contributed by atoms with Crippen LogP contribution < -0.4 is 10.1 Å². The van der Waals surface area contributed by atoms with Crippen molar-refractivity contribution in [1.82, 2.24) is 25.4 Å². The van der Waals surface area contributed by atoms with E-state index >= 15 is 0 Å². The Labute approximate surface area is 147 Å². The number of rotatable bonds is 5. The van der Waals surface area contributed by atoms with Crippen molar-refractivity contribution in [2.24, 2.45) is 5.92 Å². The number of urea groups is 1. The van der Waals surface area contributed by atoms with E-state index in [0.717, 1.165) is 43.1 Å². The Bertz CT molecular complexity index is 669. The Hall–Kier alpha value is -2.57. The number of hydrogen-bond acceptors (Lipinski definition) is 4. The fourth-order valence-electron chi connectivity index (χ4n) is 2.96. The normalized spacial score (nSPS) is 17.6. The molecule has 0 aliphatic carbocycles. The van der Waals surface area contributed by atoms with Crippen molar-refractivity contribution in [3.8, 4) is 17.1 Å². The first kappa shape index (κ1) is 17.3. The van der Waals surface area contributed by atoms with Gasteiger partial charge in [0.25, 0.3) is 0 Å². The molecule has 0 aromatic carbocycles. The number of ether oxygens (including phenoxy) is 1. The third kappa shape index (κ3) is 4.71. The summed E-state index contributed by atoms with van der Waals surface area (Å²) >= 11 is 0. The number of aromatic nitrogens is 3. The van der Waals surface area contributed by atoms with Gasteiger partial charge in [0.2, 0.25) is 0 Å². The third-order valence-electron chi connectivity index (χ3n) is 4.22. The Balaban J connectivity index is 1.50. The summed E-state index contributed by atoms with van der Waals surface area (Å²) in [6.07, 6.45) is 5.51. The first-order valence-electron chi connectivity index (χ1n) is 8.76. The Morgan fingerprint density at radius 1 is 1.44 bits per heavy atom. The highest BCUT2D eigenvalue weighted by Gasteiger charge is 2.24. The van der Waals surface area contributed by atoms with Crippen molar-refractivity contribution in [2.75, 3.05) is 19.7 Å². The molecule has 0 unspecified atom stereocenters. The highest BCUT2D eigenvalue weighted by Crippen LogP contribution is 2.20. The number of nitrogens with one attached hydrogen (secondary N) is 2. The van der Waals surface area contributed by atoms with Crippen LogP contribution in [0.2, 0.25) is 0 Å². The van der Waals surface area contributed by atoms with Crippen LogP contribution in [0.5, 0.6) is 5.75 Å². The van der Waals surface area contributed by atoms with Crippen molar-refractivity contribution in [3.63, 3.8) is 0 Å². The van der Waals surface area contributed by atoms with E-state index in [2.05, 4.69) is 20.5 Å². The van der Waals surface area contributed by atoms with Crippen LogP contribution in [0.1, 0.15) is 26.7 Å². The molecule has 1 atom stereocenters. The van der Waals surface area contributed by atoms with Crippen LogP contribution in [0.3, 0.4) is 0 Å². The SMILES string of the molecule is CC(C)NC(=O)N1CCC[C@@H](COc2ccc(-c3ccn[nH]3)nc2)C1. The highest BCUT2D eigenvalue weighted by molar-refractivity contribution is 5.74. The van der Waals surface area contributed by atoms with Crippen LogP contribution >= 0.6 is 0 Å². The van der Waals surface area contributed by atoms with E-state index < -0.39 is 0 Å². The number of likely N-dealkylation sites (tertiary alicyclic amines) is 1. The van der Waals surface area contributed by atoms with Gasteiger partial charge in [-0.2, -0.15) is 5.10 Å². The van der Waals surface area contributed by atoms with Crippen molar-refractivity contribution < 1.29 is 9.53 Å². The molecule has 0 saturated carbocycles. The Morgan fingerprint density at radius 3 is 3.00 bits per heavy atom. The fourth-order valence-corrected chi connectivity index (χ4v) is 2.96. The van der Waals surface area contributed by atoms with Crippen molar-refractivity contribution >= 4 is 6.03 Å². The summed E-state index contributed by atoms with van der Waals surface area (Å²) in [4.78, 5) is 18.4. The monoisotopic (exact) mass is 343 g/mol. The summed E-state index contributed by atoms with van der Waals surface area (Å²) < 4.78 is 5.88. The second-order valence-electron chi connectivity index (χ2n) is 6.72. The minimum atomic E-state index is 0.0188. The molecule has 2 aromatic rings. The van der Waals surface area contributed by atoms with E-state index in [1.165, 1.54) is 0 Å². The summed E-state index contributed by atoms with van der Waals surface area (Å²) in [7, 11) is 0. The molecule has 1 fully saturated rings. The molecule has 25 heavy (non-hydrogen) atoms. The lowest BCUT2D eigenvalue weighted by Gasteiger charge is -2.33. The predicted octanol–water partition coefficient (Wildman–Crippen LogP) is 2.68. The van der Waals surface area contributed by atoms with Gasteiger partial charge in [0.1, 0.15) is 5.75 Å². The number of H-pyrrole nitrogens is 1. The smallest absolute Gasteiger partial charge is 0.317 e. The summed E-state index contributed by atoms with van der Waals surface area (Å²) in [5.74, 6) is 1.09. The predicted molar refractivity (Wildman–Crippen MR) is 95.3 cm³/mol. The second kappa shape index (κ2) is 8.00. The van der Waals surface area contributed by atoms with E-state index in [4.69, 9.17) is 4.74 Å². The molecule has 0 bridgehead atoms. The number of aromatic amines is 1. The highest BCUT2D eigenvalue weighted by atomic mass is 16.5. The van der Waals surface area contributed by atoms with Gasteiger partial charge in [-0.25, -0.2) is 4.79 Å². The van der Waals surface area contributed by atoms with Crippen molar-refractivity contribution in [2.45, 2.75) is 32.7 Å². The zero-order valence-electron chi connectivity index (χ0n) is 14.7. The maximum atomic E-state index is 12.1. The van der Waals surface area contributed by atoms with Crippen LogP contribution in [0.15, 0.2) is 30.6 Å². The number of piperidine rings is 1. The topological polar surface area (TPSA) is 83.1 Å². The van der Waals surface area contributed by atoms with Gasteiger partial charge in [0.05, 0.1) is 24.2 Å². The van der Waals surface area contributed by atoms with Gasteiger partial charge < -0.3 is 15.0 Å². The zero-order valence-corrected chi connectivity index (χ0v) is 14.7. The van der Waals surface area contributed by atoms with E-state index in [1.807, 2.05) is 36.9 Å². The molecular weight excluding hydrogens is 318 g/mol. The summed E-state index contributed by atoms with van der Waals surface area (Å²) in [6.45, 7) is 6.09. The van der Waals surface area contributed by atoms with Gasteiger partial charge in [-0.1, -0.05) is 0 Å². The standard InChI is InChI=1S/C18H25N5O2/c1-13(2)21-18(24)23-9-3-4-14(11-23)12-25-15-5-6-16(19-10-15)17-7-8-20-22-17/h5-8,10,13-14H,3-4,9,11-12H2,1-2H3,(H,20,22)(H,21,24)/t14-/m1/s1. The molecule has 2 N–H and O–H groups in total. The quantitative estimate of drug-likeness (QED) is 0.874. The Kier molecular flexibility index (Phi) is 5.53. The number of carbonyl (C=O) groups excluding carboxylic acids is 1. The van der Waals surface area contributed by atoms with Crippen molar-refractivity contribution in [1.29, 1.82) is 0 Å². The van der Waals surface area contributed by atoms with Gasteiger partial charge in [0, 0.05) is 31.2 Å². The van der Waals surface area contributed by atoms with Crippen LogP contribution in [0, 0.1) is 5.92 Å². The number of amides is 2. The molecule has 7 nitrogen and oxygen atoms in total. The molecule has 0 spiro atoms. The lowest BCUT2D eigenvalue weighted by molar-refractivity contribution is 0.136. The van der Waals surface area contributed by atoms with Gasteiger partial charge in [-0.15, -0.1) is 0 Å². The average molecular weight is 343 g/mol. The number of nitrogens with zero attached hydrogens (tertiary/aromatic N) is 3.